The van der Waals surface area contributed by atoms with Crippen molar-refractivity contribution >= 4 is 11.9 Å². The van der Waals surface area contributed by atoms with Crippen LogP contribution in [0.5, 0.6) is 0 Å². The summed E-state index contributed by atoms with van der Waals surface area (Å²) in [4.78, 5) is 22.7. The lowest BCUT2D eigenvalue weighted by Crippen LogP contribution is -2.48. The van der Waals surface area contributed by atoms with Crippen molar-refractivity contribution in [1.29, 1.82) is 0 Å². The summed E-state index contributed by atoms with van der Waals surface area (Å²) >= 11 is 0. The number of hydrogen-bond acceptors (Lipinski definition) is 7. The van der Waals surface area contributed by atoms with Gasteiger partial charge in [-0.25, -0.2) is 14.6 Å². The molecule has 23 heavy (non-hydrogen) atoms. The second-order valence-electron chi connectivity index (χ2n) is 5.58. The molecule has 0 spiro atoms. The molecule has 0 aromatic carbocycles. The molecule has 1 saturated heterocycles. The molecule has 1 aliphatic heterocycles. The molecule has 0 saturated carbocycles. The van der Waals surface area contributed by atoms with E-state index in [1.807, 2.05) is 0 Å². The molecule has 1 aliphatic rings. The number of aryl methyl sites for hydroxylation is 1. The van der Waals surface area contributed by atoms with Crippen LogP contribution < -0.4 is 10.2 Å². The van der Waals surface area contributed by atoms with Crippen molar-refractivity contribution in [3.05, 3.63) is 24.8 Å². The number of carbonyl (C=O) groups is 1. The fourth-order valence-corrected chi connectivity index (χ4v) is 2.72. The molecule has 9 nitrogen and oxygen atoms in total. The topological polar surface area (TPSA) is 102 Å². The van der Waals surface area contributed by atoms with Crippen LogP contribution in [0.4, 0.5) is 5.95 Å². The lowest BCUT2D eigenvalue weighted by molar-refractivity contribution is -0.122. The maximum atomic E-state index is 12.1. The lowest BCUT2D eigenvalue weighted by atomic mass is 10.1. The standard InChI is InChI=1S/C14H20N8O/c23-13(5-2-9-22-11-17-19-20-22)18-12-4-1-8-21(10-12)14-15-6-3-7-16-14/h3,6-7,11-12H,1-2,4-5,8-10H2,(H,18,23)/t12-/m0/s1. The van der Waals surface area contributed by atoms with E-state index in [0.29, 0.717) is 13.0 Å². The first-order chi connectivity index (χ1) is 11.3. The molecule has 0 radical (unpaired) electrons. The first-order valence-electron chi connectivity index (χ1n) is 7.83. The molecule has 1 N–H and O–H groups in total. The molecule has 0 bridgehead atoms. The van der Waals surface area contributed by atoms with Crippen LogP contribution in [0.25, 0.3) is 0 Å². The Hall–Kier alpha value is -2.58. The second-order valence-corrected chi connectivity index (χ2v) is 5.58. The number of nitrogens with zero attached hydrogens (tertiary/aromatic N) is 7. The molecule has 1 fully saturated rings. The summed E-state index contributed by atoms with van der Waals surface area (Å²) in [6.45, 7) is 2.33. The van der Waals surface area contributed by atoms with Gasteiger partial charge in [0.1, 0.15) is 6.33 Å². The van der Waals surface area contributed by atoms with Crippen LogP contribution in [0.3, 0.4) is 0 Å². The molecule has 2 aromatic rings. The van der Waals surface area contributed by atoms with Gasteiger partial charge in [0.25, 0.3) is 0 Å². The van der Waals surface area contributed by atoms with Crippen LogP contribution in [-0.2, 0) is 11.3 Å². The second kappa shape index (κ2) is 7.61. The molecule has 0 aliphatic carbocycles. The average molecular weight is 316 g/mol. The maximum Gasteiger partial charge on any atom is 0.225 e. The van der Waals surface area contributed by atoms with Gasteiger partial charge in [-0.3, -0.25) is 4.79 Å². The number of aromatic nitrogens is 6. The third kappa shape index (κ3) is 4.44. The van der Waals surface area contributed by atoms with Crippen LogP contribution in [0.1, 0.15) is 25.7 Å². The molecule has 3 heterocycles. The van der Waals surface area contributed by atoms with Crippen LogP contribution in [-0.4, -0.2) is 55.2 Å². The zero-order valence-electron chi connectivity index (χ0n) is 12.9. The van der Waals surface area contributed by atoms with Gasteiger partial charge in [-0.05, 0) is 35.8 Å². The number of anilines is 1. The third-order valence-electron chi connectivity index (χ3n) is 3.80. The lowest BCUT2D eigenvalue weighted by Gasteiger charge is -2.33. The minimum atomic E-state index is 0.0684. The summed E-state index contributed by atoms with van der Waals surface area (Å²) in [5.41, 5.74) is 0. The number of tetrazole rings is 1. The van der Waals surface area contributed by atoms with Gasteiger partial charge >= 0.3 is 0 Å². The van der Waals surface area contributed by atoms with Gasteiger partial charge in [0.15, 0.2) is 0 Å². The van der Waals surface area contributed by atoms with E-state index in [1.54, 1.807) is 29.5 Å². The maximum absolute atomic E-state index is 12.1. The van der Waals surface area contributed by atoms with Crippen LogP contribution in [0, 0.1) is 0 Å². The predicted octanol–water partition coefficient (Wildman–Crippen LogP) is 0.0285. The molecule has 9 heteroatoms. The molecule has 122 valence electrons. The van der Waals surface area contributed by atoms with Gasteiger partial charge in [0, 0.05) is 44.5 Å². The first kappa shape index (κ1) is 15.3. The molecule has 1 atom stereocenters. The van der Waals surface area contributed by atoms with Gasteiger partial charge in [0.05, 0.1) is 0 Å². The average Bonchev–Trinajstić information content (AvgIpc) is 3.09. The predicted molar refractivity (Wildman–Crippen MR) is 82.5 cm³/mol. The molecular weight excluding hydrogens is 296 g/mol. The van der Waals surface area contributed by atoms with Crippen LogP contribution in [0.2, 0.25) is 0 Å². The highest BCUT2D eigenvalue weighted by Crippen LogP contribution is 2.15. The Balaban J connectivity index is 1.43. The first-order valence-corrected chi connectivity index (χ1v) is 7.83. The highest BCUT2D eigenvalue weighted by Gasteiger charge is 2.22. The van der Waals surface area contributed by atoms with Gasteiger partial charge < -0.3 is 10.2 Å². The smallest absolute Gasteiger partial charge is 0.225 e. The number of piperidine rings is 1. The van der Waals surface area contributed by atoms with E-state index in [9.17, 15) is 4.79 Å². The number of carbonyl (C=O) groups excluding carboxylic acids is 1. The van der Waals surface area contributed by atoms with Crippen molar-refractivity contribution in [3.63, 3.8) is 0 Å². The van der Waals surface area contributed by atoms with E-state index in [-0.39, 0.29) is 11.9 Å². The van der Waals surface area contributed by atoms with Crippen molar-refractivity contribution in [3.8, 4) is 0 Å². The Morgan fingerprint density at radius 1 is 1.35 bits per heavy atom. The fourth-order valence-electron chi connectivity index (χ4n) is 2.72. The van der Waals surface area contributed by atoms with E-state index in [1.165, 1.54) is 0 Å². The number of hydrogen-bond donors (Lipinski definition) is 1. The summed E-state index contributed by atoms with van der Waals surface area (Å²) < 4.78 is 1.63. The summed E-state index contributed by atoms with van der Waals surface area (Å²) in [6, 6.07) is 1.95. The van der Waals surface area contributed by atoms with Gasteiger partial charge in [-0.2, -0.15) is 0 Å². The normalized spacial score (nSPS) is 17.9. The van der Waals surface area contributed by atoms with E-state index in [4.69, 9.17) is 0 Å². The Bertz CT molecular complexity index is 603. The molecule has 0 unspecified atom stereocenters. The minimum Gasteiger partial charge on any atom is -0.352 e. The molecule has 1 amide bonds. The number of nitrogens with one attached hydrogen (secondary N) is 1. The van der Waals surface area contributed by atoms with Crippen molar-refractivity contribution in [2.45, 2.75) is 38.3 Å². The highest BCUT2D eigenvalue weighted by molar-refractivity contribution is 5.76. The highest BCUT2D eigenvalue weighted by atomic mass is 16.1. The number of amides is 1. The number of rotatable bonds is 6. The van der Waals surface area contributed by atoms with E-state index >= 15 is 0 Å². The summed E-state index contributed by atoms with van der Waals surface area (Å²) in [5, 5.41) is 14.0. The molecule has 3 rings (SSSR count). The van der Waals surface area contributed by atoms with Crippen molar-refractivity contribution in [2.75, 3.05) is 18.0 Å². The quantitative estimate of drug-likeness (QED) is 0.802. The zero-order chi connectivity index (χ0) is 15.9. The van der Waals surface area contributed by atoms with Crippen LogP contribution in [0.15, 0.2) is 24.8 Å². The zero-order valence-corrected chi connectivity index (χ0v) is 12.9. The largest absolute Gasteiger partial charge is 0.352 e. The summed E-state index contributed by atoms with van der Waals surface area (Å²) in [6.07, 6.45) is 8.23. The Morgan fingerprint density at radius 3 is 3.00 bits per heavy atom. The van der Waals surface area contributed by atoms with E-state index in [2.05, 4.69) is 35.7 Å². The molecule has 2 aromatic heterocycles. The Kier molecular flexibility index (Phi) is 5.07. The van der Waals surface area contributed by atoms with E-state index in [0.717, 1.165) is 38.3 Å². The Labute approximate surface area is 134 Å². The summed E-state index contributed by atoms with van der Waals surface area (Å²) in [5.74, 6) is 0.795. The van der Waals surface area contributed by atoms with E-state index < -0.39 is 0 Å². The third-order valence-corrected chi connectivity index (χ3v) is 3.80. The van der Waals surface area contributed by atoms with Crippen molar-refractivity contribution in [2.24, 2.45) is 0 Å². The molecular formula is C14H20N8O. The van der Waals surface area contributed by atoms with Gasteiger partial charge in [0.2, 0.25) is 11.9 Å². The fraction of sp³-hybridized carbons (Fsp3) is 0.571. The Morgan fingerprint density at radius 2 is 2.22 bits per heavy atom. The van der Waals surface area contributed by atoms with Gasteiger partial charge in [-0.1, -0.05) is 0 Å². The summed E-state index contributed by atoms with van der Waals surface area (Å²) in [7, 11) is 0. The van der Waals surface area contributed by atoms with Gasteiger partial charge in [-0.15, -0.1) is 5.10 Å². The van der Waals surface area contributed by atoms with Crippen LogP contribution >= 0.6 is 0 Å². The monoisotopic (exact) mass is 316 g/mol. The van der Waals surface area contributed by atoms with Crippen molar-refractivity contribution in [1.82, 2.24) is 35.5 Å². The van der Waals surface area contributed by atoms with Crippen molar-refractivity contribution < 1.29 is 4.79 Å². The SMILES string of the molecule is O=C(CCCn1cnnn1)N[C@H]1CCCN(c2ncccn2)C1. The minimum absolute atomic E-state index is 0.0684.